The number of ether oxygens (including phenoxy) is 2. The number of rotatable bonds is 0. The Morgan fingerprint density at radius 3 is 1.33 bits per heavy atom. The zero-order valence-corrected chi connectivity index (χ0v) is 31.1. The molecule has 7 fully saturated rings. The first kappa shape index (κ1) is 35.6. The van der Waals surface area contributed by atoms with Crippen molar-refractivity contribution in [2.24, 2.45) is 57.2 Å². The van der Waals surface area contributed by atoms with E-state index in [0.717, 1.165) is 11.1 Å². The number of aliphatic hydroxyl groups excluding tert-OH is 4. The molecule has 4 N–H and O–H groups in total. The average Bonchev–Trinajstić information content (AvgIpc) is 3.55. The Kier molecular flexibility index (Phi) is 7.71. The van der Waals surface area contributed by atoms with Crippen LogP contribution in [0.5, 0.6) is 0 Å². The second kappa shape index (κ2) is 11.3. The molecule has 0 aromatic carbocycles. The summed E-state index contributed by atoms with van der Waals surface area (Å²) in [5.74, 6) is -3.04. The lowest BCUT2D eigenvalue weighted by molar-refractivity contribution is -0.280. The van der Waals surface area contributed by atoms with Gasteiger partial charge in [0.2, 0.25) is 24.1 Å². The normalized spacial score (nSPS) is 55.7. The van der Waals surface area contributed by atoms with Gasteiger partial charge in [-0.15, -0.1) is 0 Å². The van der Waals surface area contributed by atoms with Gasteiger partial charge in [0.05, 0.1) is 12.2 Å². The van der Waals surface area contributed by atoms with E-state index in [9.17, 15) is 39.6 Å². The number of fused-ring (bicyclic) bond motifs is 12. The van der Waals surface area contributed by atoms with E-state index in [2.05, 4.69) is 27.7 Å². The molecule has 1 aliphatic heterocycles. The van der Waals surface area contributed by atoms with Gasteiger partial charge >= 0.3 is 0 Å². The van der Waals surface area contributed by atoms with Crippen LogP contribution in [-0.4, -0.2) is 79.5 Å². The van der Waals surface area contributed by atoms with E-state index in [1.165, 1.54) is 0 Å². The number of hydrogen-bond acceptors (Lipinski definition) is 10. The highest BCUT2D eigenvalue weighted by atomic mass is 16.7. The lowest BCUT2D eigenvalue weighted by Crippen LogP contribution is -2.69. The summed E-state index contributed by atoms with van der Waals surface area (Å²) in [6.45, 7) is 8.36. The van der Waals surface area contributed by atoms with Gasteiger partial charge in [0.15, 0.2) is 11.6 Å². The molecule has 0 amide bonds. The van der Waals surface area contributed by atoms with Crippen molar-refractivity contribution in [1.29, 1.82) is 0 Å². The Bertz CT molecular complexity index is 1580. The largest absolute Gasteiger partial charge is 0.393 e. The molecule has 284 valence electrons. The van der Waals surface area contributed by atoms with Crippen LogP contribution in [0.2, 0.25) is 0 Å². The Hall–Kier alpha value is -2.08. The molecule has 1 heterocycles. The van der Waals surface area contributed by atoms with Crippen LogP contribution in [0.15, 0.2) is 23.3 Å². The van der Waals surface area contributed by atoms with E-state index in [0.29, 0.717) is 77.0 Å². The molecule has 0 bridgehead atoms. The third-order valence-corrected chi connectivity index (χ3v) is 17.4. The van der Waals surface area contributed by atoms with E-state index in [4.69, 9.17) is 9.47 Å². The molecule has 8 aliphatic carbocycles. The van der Waals surface area contributed by atoms with Gasteiger partial charge in [0.1, 0.15) is 11.2 Å². The molecule has 0 aromatic rings. The predicted molar refractivity (Wildman–Crippen MR) is 186 cm³/mol. The second-order valence-corrected chi connectivity index (χ2v) is 19.8. The van der Waals surface area contributed by atoms with Gasteiger partial charge < -0.3 is 29.9 Å². The molecule has 0 aromatic heterocycles. The summed E-state index contributed by atoms with van der Waals surface area (Å²) >= 11 is 0. The Labute approximate surface area is 305 Å². The Morgan fingerprint density at radius 1 is 0.558 bits per heavy atom. The molecule has 2 spiro atoms. The lowest BCUT2D eigenvalue weighted by atomic mass is 9.45. The fourth-order valence-electron chi connectivity index (χ4n) is 15.5. The fourth-order valence-corrected chi connectivity index (χ4v) is 15.5. The van der Waals surface area contributed by atoms with Crippen LogP contribution in [-0.2, 0) is 28.7 Å². The van der Waals surface area contributed by atoms with Crippen molar-refractivity contribution in [2.45, 2.75) is 154 Å². The minimum Gasteiger partial charge on any atom is -0.393 e. The number of carbonyl (C=O) groups is 4. The van der Waals surface area contributed by atoms with E-state index >= 15 is 0 Å². The fraction of sp³-hybridized carbons (Fsp3) is 0.810. The lowest BCUT2D eigenvalue weighted by Gasteiger charge is -2.62. The van der Waals surface area contributed by atoms with Crippen LogP contribution in [0.3, 0.4) is 0 Å². The van der Waals surface area contributed by atoms with E-state index in [1.54, 1.807) is 12.2 Å². The van der Waals surface area contributed by atoms with E-state index in [-0.39, 0.29) is 48.1 Å². The minimum absolute atomic E-state index is 0.0997. The smallest absolute Gasteiger partial charge is 0.220 e. The second-order valence-electron chi connectivity index (χ2n) is 19.8. The van der Waals surface area contributed by atoms with Crippen LogP contribution >= 0.6 is 0 Å². The summed E-state index contributed by atoms with van der Waals surface area (Å²) in [6, 6.07) is 0. The molecular formula is C42H56O10. The molecule has 9 aliphatic rings. The van der Waals surface area contributed by atoms with Gasteiger partial charge in [-0.1, -0.05) is 38.8 Å². The Balaban J connectivity index is 1.09. The monoisotopic (exact) mass is 720 g/mol. The van der Waals surface area contributed by atoms with Crippen LogP contribution in [0.4, 0.5) is 0 Å². The Morgan fingerprint density at radius 2 is 0.942 bits per heavy atom. The first-order chi connectivity index (χ1) is 24.4. The summed E-state index contributed by atoms with van der Waals surface area (Å²) in [7, 11) is 0. The number of carbonyl (C=O) groups excluding carboxylic acids is 4. The summed E-state index contributed by atoms with van der Waals surface area (Å²) in [4.78, 5) is 54.9. The standard InChI is InChI=1S/C42H56O10/c1-37-13-15-41(31(37)25-7-5-21-17-23(43)9-11-39(21,3)29(25)27(45)19-37)33(47)35(49)52-42(34(48)36(50)51-41)16-14-38(2)20-28(46)30-26(32(38)42)8-6-22-18-24(44)10-12-40(22,30)4/h17-18,25-32,35-36,45-46,49-50H,5-16,19-20H2,1-4H3/t25-,26-,27+,28+,29-,30-,31+,32+,35?,36?,37+,38+,39+,40+,41-,42-/m1/s1. The number of allylic oxidation sites excluding steroid dienone is 2. The highest BCUT2D eigenvalue weighted by Gasteiger charge is 2.74. The summed E-state index contributed by atoms with van der Waals surface area (Å²) in [6.07, 6.45) is 5.00. The summed E-state index contributed by atoms with van der Waals surface area (Å²) in [5.41, 5.74) is -3.29. The van der Waals surface area contributed by atoms with Crippen LogP contribution in [0.25, 0.3) is 0 Å². The van der Waals surface area contributed by atoms with Crippen LogP contribution in [0.1, 0.15) is 118 Å². The van der Waals surface area contributed by atoms with Gasteiger partial charge in [-0.3, -0.25) is 19.2 Å². The van der Waals surface area contributed by atoms with Gasteiger partial charge in [0.25, 0.3) is 0 Å². The topological polar surface area (TPSA) is 168 Å². The number of Topliss-reactive ketones (excluding diaryl/α,β-unsaturated/α-hetero) is 2. The molecule has 10 heteroatoms. The first-order valence-electron chi connectivity index (χ1n) is 20.1. The number of hydrogen-bond donors (Lipinski definition) is 4. The van der Waals surface area contributed by atoms with Gasteiger partial charge in [-0.25, -0.2) is 0 Å². The van der Waals surface area contributed by atoms with Crippen molar-refractivity contribution >= 4 is 23.1 Å². The maximum Gasteiger partial charge on any atom is 0.220 e. The van der Waals surface area contributed by atoms with Crippen molar-refractivity contribution in [3.63, 3.8) is 0 Å². The highest BCUT2D eigenvalue weighted by molar-refractivity contribution is 5.96. The molecule has 6 saturated carbocycles. The number of aliphatic hydroxyl groups is 4. The van der Waals surface area contributed by atoms with E-state index in [1.807, 2.05) is 0 Å². The van der Waals surface area contributed by atoms with Crippen LogP contribution in [0, 0.1) is 57.2 Å². The highest BCUT2D eigenvalue weighted by Crippen LogP contribution is 2.71. The number of ketones is 4. The van der Waals surface area contributed by atoms with E-state index < -0.39 is 81.1 Å². The third kappa shape index (κ3) is 4.45. The molecule has 0 radical (unpaired) electrons. The van der Waals surface area contributed by atoms with Gasteiger partial charge in [-0.2, -0.15) is 0 Å². The molecule has 9 rings (SSSR count). The minimum atomic E-state index is -1.97. The molecule has 52 heavy (non-hydrogen) atoms. The van der Waals surface area contributed by atoms with Crippen molar-refractivity contribution in [2.75, 3.05) is 0 Å². The quantitative estimate of drug-likeness (QED) is 0.284. The summed E-state index contributed by atoms with van der Waals surface area (Å²) in [5, 5.41) is 47.7. The van der Waals surface area contributed by atoms with Gasteiger partial charge in [-0.05, 0) is 135 Å². The first-order valence-corrected chi connectivity index (χ1v) is 20.1. The molecule has 10 nitrogen and oxygen atoms in total. The third-order valence-electron chi connectivity index (χ3n) is 17.4. The molecule has 2 unspecified atom stereocenters. The average molecular weight is 721 g/mol. The van der Waals surface area contributed by atoms with Crippen LogP contribution < -0.4 is 0 Å². The SMILES string of the molecule is C[C@@]12CC[C@@]3(OC(O)C(=O)[C@]4(CC[C@@]5(C)C[C@H](O)[C@H]6[C@@H](CCC7=CC(=O)CC[C@@]76C)[C@@H]54)OC(O)C3=O)[C@H]1[C@@H]1CCC3=CC(=O)CC[C@]3(C)[C@H]1[C@@H](O)C2. The van der Waals surface area contributed by atoms with Gasteiger partial charge in [0, 0.05) is 24.7 Å². The molecule has 1 saturated heterocycles. The predicted octanol–water partition coefficient (Wildman–Crippen LogP) is 4.29. The van der Waals surface area contributed by atoms with Crippen molar-refractivity contribution in [1.82, 2.24) is 0 Å². The van der Waals surface area contributed by atoms with Crippen molar-refractivity contribution in [3.8, 4) is 0 Å². The molecular weight excluding hydrogens is 664 g/mol. The zero-order valence-electron chi connectivity index (χ0n) is 31.1. The maximum absolute atomic E-state index is 15.0. The molecule has 16 atom stereocenters. The summed E-state index contributed by atoms with van der Waals surface area (Å²) < 4.78 is 13.2. The van der Waals surface area contributed by atoms with Crippen molar-refractivity contribution < 1.29 is 49.1 Å². The zero-order chi connectivity index (χ0) is 37.0. The maximum atomic E-state index is 15.0. The van der Waals surface area contributed by atoms with Crippen molar-refractivity contribution in [3.05, 3.63) is 23.3 Å².